The summed E-state index contributed by atoms with van der Waals surface area (Å²) in [5.74, 6) is -0.156. The zero-order chi connectivity index (χ0) is 47.2. The zero-order valence-corrected chi connectivity index (χ0v) is 39.5. The number of benzene rings is 2. The number of nitrogen functional groups attached to an aromatic ring is 2. The number of carbonyl (C=O) groups excluding carboxylic acids is 2. The Hall–Kier alpha value is -5.84. The molecule has 65 heavy (non-hydrogen) atoms. The maximum atomic E-state index is 13.2. The molecular formula is C49H54BBrF2N8O4. The standard InChI is InChI=1S/C22H28BN3O3.C20H17FN4O.C5H3BrFN.C2H6/c1-13-19-17(26-20(24)25-13)10-15(11-18(19)27)16-9-7-6-8-14(16)12-23-28-21(2,3)22(4,5)29-23;1-11-19-17(25-20(22)24-11)8-12(9-18(19)26)14-4-2-3-5-15(14)16-7-6-13(21)10-23-16;6-5-2-1-4(7)3-8-5;1-2/h6-9,15H,10-12H2,1-5H3,(H2,24,25,26);2-7,10,12H,8-9H2,1H3,(H2,22,24,25);1-3H;1-2H3. The third-order valence-electron chi connectivity index (χ3n) is 11.9. The number of hydrogen-bond donors (Lipinski definition) is 2. The van der Waals surface area contributed by atoms with E-state index in [1.165, 1.54) is 18.3 Å². The van der Waals surface area contributed by atoms with Crippen LogP contribution in [-0.4, -0.2) is 59.8 Å². The van der Waals surface area contributed by atoms with Crippen molar-refractivity contribution in [3.8, 4) is 11.3 Å². The maximum absolute atomic E-state index is 13.2. The lowest BCUT2D eigenvalue weighted by atomic mass is 9.74. The van der Waals surface area contributed by atoms with Gasteiger partial charge in [0.1, 0.15) is 16.2 Å². The first-order valence-electron chi connectivity index (χ1n) is 21.6. The molecule has 0 amide bonds. The van der Waals surface area contributed by atoms with E-state index in [9.17, 15) is 18.4 Å². The van der Waals surface area contributed by atoms with Gasteiger partial charge in [-0.3, -0.25) is 14.6 Å². The molecule has 3 aliphatic rings. The normalized spacial score (nSPS) is 17.9. The topological polar surface area (TPSA) is 182 Å². The van der Waals surface area contributed by atoms with Crippen molar-refractivity contribution in [3.63, 3.8) is 0 Å². The van der Waals surface area contributed by atoms with Crippen LogP contribution in [0.2, 0.25) is 0 Å². The SMILES string of the molecule is CC.Cc1nc(N)nc2c1C(=O)CC(c1ccccc1-c1ccc(F)cn1)C2.Cc1nc(N)nc2c1C(=O)CC(c1ccccc1CB1OC(C)(C)C(C)(C)O1)C2.Fc1ccc(Br)nc1. The first kappa shape index (κ1) is 48.6. The highest BCUT2D eigenvalue weighted by Gasteiger charge is 2.51. The van der Waals surface area contributed by atoms with Gasteiger partial charge in [0.25, 0.3) is 0 Å². The second kappa shape index (κ2) is 20.6. The van der Waals surface area contributed by atoms with E-state index < -0.39 is 0 Å². The van der Waals surface area contributed by atoms with Gasteiger partial charge in [0.15, 0.2) is 11.6 Å². The summed E-state index contributed by atoms with van der Waals surface area (Å²) >= 11 is 3.07. The van der Waals surface area contributed by atoms with Crippen molar-refractivity contribution < 1.29 is 27.7 Å². The Morgan fingerprint density at radius 2 is 1.14 bits per heavy atom. The van der Waals surface area contributed by atoms with E-state index in [1.807, 2.05) is 57.2 Å². The largest absolute Gasteiger partial charge is 0.462 e. The summed E-state index contributed by atoms with van der Waals surface area (Å²) in [6, 6.07) is 21.9. The van der Waals surface area contributed by atoms with Crippen molar-refractivity contribution in [2.24, 2.45) is 0 Å². The quantitative estimate of drug-likeness (QED) is 0.123. The van der Waals surface area contributed by atoms with Gasteiger partial charge < -0.3 is 20.8 Å². The minimum absolute atomic E-state index is 0.0237. The number of anilines is 2. The number of nitrogens with zero attached hydrogens (tertiary/aromatic N) is 6. The molecule has 2 aromatic carbocycles. The van der Waals surface area contributed by atoms with Gasteiger partial charge in [-0.2, -0.15) is 0 Å². The molecule has 1 aliphatic heterocycles. The first-order chi connectivity index (χ1) is 30.9. The molecule has 2 atom stereocenters. The van der Waals surface area contributed by atoms with Crippen molar-refractivity contribution in [2.75, 3.05) is 11.5 Å². The van der Waals surface area contributed by atoms with Crippen LogP contribution < -0.4 is 11.5 Å². The molecule has 6 aromatic rings. The van der Waals surface area contributed by atoms with Gasteiger partial charge in [0, 0.05) is 24.7 Å². The zero-order valence-electron chi connectivity index (χ0n) is 38.0. The molecule has 2 aliphatic carbocycles. The van der Waals surface area contributed by atoms with E-state index in [0.29, 0.717) is 70.5 Å². The molecule has 4 aromatic heterocycles. The van der Waals surface area contributed by atoms with E-state index in [2.05, 4.69) is 85.7 Å². The fourth-order valence-electron chi connectivity index (χ4n) is 8.36. The Kier molecular flexibility index (Phi) is 15.4. The number of aromatic nitrogens is 6. The van der Waals surface area contributed by atoms with Crippen LogP contribution >= 0.6 is 15.9 Å². The predicted molar refractivity (Wildman–Crippen MR) is 252 cm³/mol. The van der Waals surface area contributed by atoms with Crippen molar-refractivity contribution in [3.05, 3.63) is 152 Å². The van der Waals surface area contributed by atoms with Crippen LogP contribution in [0.15, 0.2) is 89.8 Å². The van der Waals surface area contributed by atoms with E-state index in [0.717, 1.165) is 34.1 Å². The van der Waals surface area contributed by atoms with Crippen molar-refractivity contribution in [2.45, 2.75) is 110 Å². The van der Waals surface area contributed by atoms with Crippen LogP contribution in [0.5, 0.6) is 0 Å². The number of nitrogens with two attached hydrogens (primary N) is 2. The first-order valence-corrected chi connectivity index (χ1v) is 22.4. The molecular weight excluding hydrogens is 893 g/mol. The molecule has 2 unspecified atom stereocenters. The van der Waals surface area contributed by atoms with Gasteiger partial charge in [0.05, 0.1) is 63.2 Å². The maximum Gasteiger partial charge on any atom is 0.462 e. The number of carbonyl (C=O) groups is 2. The van der Waals surface area contributed by atoms with E-state index in [4.69, 9.17) is 20.8 Å². The van der Waals surface area contributed by atoms with Gasteiger partial charge >= 0.3 is 7.12 Å². The molecule has 16 heteroatoms. The fraction of sp³-hybridized carbons (Fsp3) is 0.347. The number of halogens is 3. The number of aryl methyl sites for hydroxylation is 2. The predicted octanol–water partition coefficient (Wildman–Crippen LogP) is 9.94. The van der Waals surface area contributed by atoms with Gasteiger partial charge in [-0.15, -0.1) is 0 Å². The molecule has 1 saturated heterocycles. The summed E-state index contributed by atoms with van der Waals surface area (Å²) in [7, 11) is -0.312. The van der Waals surface area contributed by atoms with E-state index >= 15 is 0 Å². The molecule has 5 heterocycles. The molecule has 12 nitrogen and oxygen atoms in total. The molecule has 9 rings (SSSR count). The second-order valence-electron chi connectivity index (χ2n) is 16.9. The molecule has 338 valence electrons. The summed E-state index contributed by atoms with van der Waals surface area (Å²) in [6.45, 7) is 15.8. The molecule has 0 spiro atoms. The minimum Gasteiger partial charge on any atom is -0.403 e. The van der Waals surface area contributed by atoms with Gasteiger partial charge in [-0.1, -0.05) is 62.4 Å². The second-order valence-corrected chi connectivity index (χ2v) is 17.7. The Morgan fingerprint density at radius 1 is 0.662 bits per heavy atom. The number of ketones is 2. The van der Waals surface area contributed by atoms with Gasteiger partial charge in [-0.25, -0.2) is 33.7 Å². The summed E-state index contributed by atoms with van der Waals surface area (Å²) in [6.07, 6.45) is 5.10. The van der Waals surface area contributed by atoms with Crippen LogP contribution in [0.3, 0.4) is 0 Å². The smallest absolute Gasteiger partial charge is 0.403 e. The molecule has 4 N–H and O–H groups in total. The lowest BCUT2D eigenvalue weighted by molar-refractivity contribution is 0.00578. The van der Waals surface area contributed by atoms with E-state index in [1.54, 1.807) is 19.1 Å². The molecule has 0 bridgehead atoms. The lowest BCUT2D eigenvalue weighted by Crippen LogP contribution is -2.41. The summed E-state index contributed by atoms with van der Waals surface area (Å²) in [4.78, 5) is 50.3. The Bertz CT molecular complexity index is 2630. The van der Waals surface area contributed by atoms with E-state index in [-0.39, 0.29) is 65.3 Å². The third-order valence-corrected chi connectivity index (χ3v) is 12.4. The molecule has 0 radical (unpaired) electrons. The van der Waals surface area contributed by atoms with Crippen molar-refractivity contribution >= 4 is 46.5 Å². The van der Waals surface area contributed by atoms with Crippen LogP contribution in [0.4, 0.5) is 20.7 Å². The highest BCUT2D eigenvalue weighted by Crippen LogP contribution is 2.40. The Balaban J connectivity index is 0.000000179. The average molecular weight is 948 g/mol. The minimum atomic E-state index is -0.379. The van der Waals surface area contributed by atoms with Gasteiger partial charge in [0.2, 0.25) is 11.9 Å². The monoisotopic (exact) mass is 946 g/mol. The summed E-state index contributed by atoms with van der Waals surface area (Å²) < 4.78 is 38.3. The third kappa shape index (κ3) is 11.3. The Labute approximate surface area is 387 Å². The van der Waals surface area contributed by atoms with Crippen molar-refractivity contribution in [1.29, 1.82) is 0 Å². The number of rotatable bonds is 5. The average Bonchev–Trinajstić information content (AvgIpc) is 3.46. The van der Waals surface area contributed by atoms with Crippen LogP contribution in [0.25, 0.3) is 11.3 Å². The van der Waals surface area contributed by atoms with Crippen LogP contribution in [0.1, 0.15) is 126 Å². The van der Waals surface area contributed by atoms with Crippen molar-refractivity contribution in [1.82, 2.24) is 29.9 Å². The lowest BCUT2D eigenvalue weighted by Gasteiger charge is -2.32. The number of Topliss-reactive ketones (excluding diaryl/α,β-unsaturated/α-hetero) is 2. The highest BCUT2D eigenvalue weighted by molar-refractivity contribution is 9.10. The van der Waals surface area contributed by atoms with Gasteiger partial charge in [-0.05, 0) is 123 Å². The highest BCUT2D eigenvalue weighted by atomic mass is 79.9. The van der Waals surface area contributed by atoms with Crippen LogP contribution in [-0.2, 0) is 28.5 Å². The molecule has 1 fully saturated rings. The summed E-state index contributed by atoms with van der Waals surface area (Å²) in [5, 5.41) is 0. The fourth-order valence-corrected chi connectivity index (χ4v) is 8.59. The van der Waals surface area contributed by atoms with Crippen LogP contribution in [0, 0.1) is 25.5 Å². The molecule has 0 saturated carbocycles. The number of hydrogen-bond acceptors (Lipinski definition) is 12. The number of fused-ring (bicyclic) bond motifs is 2. The Morgan fingerprint density at radius 3 is 1.63 bits per heavy atom. The summed E-state index contributed by atoms with van der Waals surface area (Å²) in [5.41, 5.74) is 19.7. The number of pyridine rings is 2.